The fourth-order valence-electron chi connectivity index (χ4n) is 1.16. The topological polar surface area (TPSA) is 84.8 Å². The van der Waals surface area contributed by atoms with Crippen molar-refractivity contribution >= 4 is 22.6 Å². The number of rotatable bonds is 5. The number of carbonyl (C=O) groups excluding carboxylic acids is 1. The van der Waals surface area contributed by atoms with Crippen molar-refractivity contribution in [2.45, 2.75) is 4.90 Å². The fourth-order valence-corrected chi connectivity index (χ4v) is 2.07. The van der Waals surface area contributed by atoms with Gasteiger partial charge < -0.3 is 4.74 Å². The van der Waals surface area contributed by atoms with Gasteiger partial charge in [0.05, 0.1) is 23.9 Å². The van der Waals surface area contributed by atoms with E-state index in [1.807, 2.05) is 0 Å². The summed E-state index contributed by atoms with van der Waals surface area (Å²) < 4.78 is 30.4. The Hall–Kier alpha value is -1.89. The second-order valence-corrected chi connectivity index (χ2v) is 4.74. The molecule has 7 heteroatoms. The van der Waals surface area contributed by atoms with Gasteiger partial charge in [0, 0.05) is 7.05 Å². The Bertz CT molecular complexity index is 537. The Balaban J connectivity index is 3.20. The highest BCUT2D eigenvalue weighted by atomic mass is 32.2. The van der Waals surface area contributed by atoms with E-state index in [9.17, 15) is 13.2 Å². The zero-order valence-corrected chi connectivity index (χ0v) is 10.2. The molecule has 0 aliphatic carbocycles. The molecule has 0 amide bonds. The molecule has 0 unspecified atom stereocenters. The van der Waals surface area contributed by atoms with Gasteiger partial charge >= 0.3 is 0 Å². The molecule has 17 heavy (non-hydrogen) atoms. The van der Waals surface area contributed by atoms with Crippen molar-refractivity contribution in [1.82, 2.24) is 4.72 Å². The Morgan fingerprint density at radius 2 is 2.12 bits per heavy atom. The van der Waals surface area contributed by atoms with Gasteiger partial charge in [-0.2, -0.15) is 0 Å². The van der Waals surface area contributed by atoms with Crippen LogP contribution in [-0.2, 0) is 10.0 Å². The molecule has 0 bridgehead atoms. The first-order valence-corrected chi connectivity index (χ1v) is 6.09. The minimum Gasteiger partial charge on any atom is -0.496 e. The first kappa shape index (κ1) is 13.2. The van der Waals surface area contributed by atoms with Gasteiger partial charge in [0.2, 0.25) is 0 Å². The third-order valence-corrected chi connectivity index (χ3v) is 3.27. The molecule has 1 aromatic carbocycles. The van der Waals surface area contributed by atoms with Crippen molar-refractivity contribution in [2.24, 2.45) is 4.99 Å². The molecule has 1 aromatic rings. The second kappa shape index (κ2) is 5.44. The second-order valence-electron chi connectivity index (χ2n) is 3.03. The summed E-state index contributed by atoms with van der Waals surface area (Å²) in [5, 5.41) is 0. The molecule has 0 spiro atoms. The molecule has 0 heterocycles. The van der Waals surface area contributed by atoms with Gasteiger partial charge in [-0.05, 0) is 18.2 Å². The van der Waals surface area contributed by atoms with Crippen LogP contribution < -0.4 is 9.46 Å². The van der Waals surface area contributed by atoms with Gasteiger partial charge in [0.15, 0.2) is 6.29 Å². The van der Waals surface area contributed by atoms with Crippen LogP contribution >= 0.6 is 0 Å². The summed E-state index contributed by atoms with van der Waals surface area (Å²) in [7, 11) is -0.855. The highest BCUT2D eigenvalue weighted by molar-refractivity contribution is 7.90. The van der Waals surface area contributed by atoms with Crippen LogP contribution in [0.1, 0.15) is 10.4 Å². The molecule has 0 saturated heterocycles. The lowest BCUT2D eigenvalue weighted by atomic mass is 10.2. The first-order valence-electron chi connectivity index (χ1n) is 4.61. The van der Waals surface area contributed by atoms with Crippen LogP contribution in [0.15, 0.2) is 28.1 Å². The molecule has 1 rings (SSSR count). The summed E-state index contributed by atoms with van der Waals surface area (Å²) in [4.78, 5) is 14.2. The highest BCUT2D eigenvalue weighted by Gasteiger charge is 2.14. The van der Waals surface area contributed by atoms with E-state index in [1.165, 1.54) is 32.4 Å². The molecule has 1 N–H and O–H groups in total. The molecular weight excluding hydrogens is 244 g/mol. The molecule has 6 nitrogen and oxygen atoms in total. The molecule has 0 fully saturated rings. The third-order valence-electron chi connectivity index (χ3n) is 1.98. The SMILES string of the molecule is CN=CNS(=O)(=O)c1ccc(OC)c(C=O)c1. The normalized spacial score (nSPS) is 11.4. The number of carbonyl (C=O) groups is 1. The standard InChI is InChI=1S/C10H12N2O4S/c1-11-7-12-17(14,15)9-3-4-10(16-2)8(5-9)6-13/h3-7H,1-2H3,(H,11,12). The summed E-state index contributed by atoms with van der Waals surface area (Å²) in [6, 6.07) is 4.00. The van der Waals surface area contributed by atoms with Gasteiger partial charge in [-0.3, -0.25) is 14.5 Å². The maximum Gasteiger partial charge on any atom is 0.262 e. The van der Waals surface area contributed by atoms with E-state index >= 15 is 0 Å². The van der Waals surface area contributed by atoms with Crippen LogP contribution in [-0.4, -0.2) is 35.2 Å². The lowest BCUT2D eigenvalue weighted by molar-refractivity contribution is 0.112. The number of benzene rings is 1. The quantitative estimate of drug-likeness (QED) is 0.470. The van der Waals surface area contributed by atoms with Gasteiger partial charge in [0.25, 0.3) is 10.0 Å². The molecular formula is C10H12N2O4S. The number of nitrogens with zero attached hydrogens (tertiary/aromatic N) is 1. The zero-order chi connectivity index (χ0) is 12.9. The van der Waals surface area contributed by atoms with Crippen molar-refractivity contribution < 1.29 is 17.9 Å². The Kier molecular flexibility index (Phi) is 4.22. The monoisotopic (exact) mass is 256 g/mol. The number of aldehydes is 1. The predicted octanol–water partition coefficient (Wildman–Crippen LogP) is 0.444. The number of sulfonamides is 1. The molecule has 92 valence electrons. The summed E-state index contributed by atoms with van der Waals surface area (Å²) in [5.41, 5.74) is 0.170. The van der Waals surface area contributed by atoms with E-state index in [1.54, 1.807) is 0 Å². The average Bonchev–Trinajstić information content (AvgIpc) is 2.35. The lowest BCUT2D eigenvalue weighted by Gasteiger charge is -2.07. The van der Waals surface area contributed by atoms with Crippen LogP contribution in [0.25, 0.3) is 0 Å². The largest absolute Gasteiger partial charge is 0.496 e. The van der Waals surface area contributed by atoms with Crippen LogP contribution in [0.3, 0.4) is 0 Å². The van der Waals surface area contributed by atoms with E-state index in [0.717, 1.165) is 6.34 Å². The Morgan fingerprint density at radius 3 is 2.65 bits per heavy atom. The van der Waals surface area contributed by atoms with Crippen LogP contribution in [0.5, 0.6) is 5.75 Å². The number of methoxy groups -OCH3 is 1. The summed E-state index contributed by atoms with van der Waals surface area (Å²) >= 11 is 0. The van der Waals surface area contributed by atoms with Crippen molar-refractivity contribution in [3.63, 3.8) is 0 Å². The summed E-state index contributed by atoms with van der Waals surface area (Å²) in [6.07, 6.45) is 1.59. The van der Waals surface area contributed by atoms with E-state index in [-0.39, 0.29) is 10.5 Å². The molecule has 0 atom stereocenters. The van der Waals surface area contributed by atoms with Crippen LogP contribution in [0.2, 0.25) is 0 Å². The summed E-state index contributed by atoms with van der Waals surface area (Å²) in [5.74, 6) is 0.322. The van der Waals surface area contributed by atoms with Crippen molar-refractivity contribution in [1.29, 1.82) is 0 Å². The molecule has 0 aromatic heterocycles. The van der Waals surface area contributed by atoms with Crippen molar-refractivity contribution in [2.75, 3.05) is 14.2 Å². The lowest BCUT2D eigenvalue weighted by Crippen LogP contribution is -2.22. The average molecular weight is 256 g/mol. The number of hydrogen-bond donors (Lipinski definition) is 1. The maximum atomic E-state index is 11.7. The van der Waals surface area contributed by atoms with Gasteiger partial charge in [-0.25, -0.2) is 8.42 Å². The van der Waals surface area contributed by atoms with E-state index in [0.29, 0.717) is 12.0 Å². The molecule has 0 radical (unpaired) electrons. The number of hydrogen-bond acceptors (Lipinski definition) is 5. The molecule has 0 aliphatic rings. The first-order chi connectivity index (χ1) is 8.05. The van der Waals surface area contributed by atoms with E-state index in [2.05, 4.69) is 9.71 Å². The number of aliphatic imine (C=N–C) groups is 1. The van der Waals surface area contributed by atoms with Crippen LogP contribution in [0.4, 0.5) is 0 Å². The van der Waals surface area contributed by atoms with Gasteiger partial charge in [-0.1, -0.05) is 0 Å². The minimum atomic E-state index is -3.69. The fraction of sp³-hybridized carbons (Fsp3) is 0.200. The van der Waals surface area contributed by atoms with Gasteiger partial charge in [-0.15, -0.1) is 0 Å². The van der Waals surface area contributed by atoms with Crippen molar-refractivity contribution in [3.8, 4) is 5.75 Å². The number of nitrogens with one attached hydrogen (secondary N) is 1. The zero-order valence-electron chi connectivity index (χ0n) is 9.38. The minimum absolute atomic E-state index is 0.0275. The molecule has 0 aliphatic heterocycles. The highest BCUT2D eigenvalue weighted by Crippen LogP contribution is 2.20. The van der Waals surface area contributed by atoms with Crippen LogP contribution in [0, 0.1) is 0 Å². The van der Waals surface area contributed by atoms with Crippen molar-refractivity contribution in [3.05, 3.63) is 23.8 Å². The maximum absolute atomic E-state index is 11.7. The van der Waals surface area contributed by atoms with E-state index in [4.69, 9.17) is 4.74 Å². The van der Waals surface area contributed by atoms with Gasteiger partial charge in [0.1, 0.15) is 5.75 Å². The number of ether oxygens (including phenoxy) is 1. The Labute approximate surface area is 99.4 Å². The summed E-state index contributed by atoms with van der Waals surface area (Å²) in [6.45, 7) is 0. The van der Waals surface area contributed by atoms with E-state index < -0.39 is 10.0 Å². The Morgan fingerprint density at radius 1 is 1.41 bits per heavy atom. The smallest absolute Gasteiger partial charge is 0.262 e. The predicted molar refractivity (Wildman–Crippen MR) is 63.1 cm³/mol. The third kappa shape index (κ3) is 3.04. The molecule has 0 saturated carbocycles.